The molecule has 0 bridgehead atoms. The van der Waals surface area contributed by atoms with Crippen LogP contribution in [0.4, 0.5) is 0 Å². The number of hydrogen-bond acceptors (Lipinski definition) is 8. The summed E-state index contributed by atoms with van der Waals surface area (Å²) in [5, 5.41) is 0. The van der Waals surface area contributed by atoms with Gasteiger partial charge in [-0.15, -0.1) is 0 Å². The largest absolute Gasteiger partial charge is 0.493 e. The maximum atomic E-state index is 12.8. The number of hydrogen-bond donors (Lipinski definition) is 0. The van der Waals surface area contributed by atoms with E-state index in [9.17, 15) is 9.59 Å². The third-order valence-corrected chi connectivity index (χ3v) is 4.39. The highest BCUT2D eigenvalue weighted by Gasteiger charge is 2.29. The van der Waals surface area contributed by atoms with Crippen molar-refractivity contribution in [2.45, 2.75) is 20.0 Å². The third kappa shape index (κ3) is 4.74. The second-order valence-corrected chi connectivity index (χ2v) is 6.85. The quantitative estimate of drug-likeness (QED) is 0.465. The molecule has 8 nitrogen and oxygen atoms in total. The lowest BCUT2D eigenvalue weighted by atomic mass is 10.1. The summed E-state index contributed by atoms with van der Waals surface area (Å²) in [4.78, 5) is 24.4. The van der Waals surface area contributed by atoms with Crippen molar-refractivity contribution in [2.24, 2.45) is 0 Å². The number of fused-ring (bicyclic) bond motifs is 1. The van der Waals surface area contributed by atoms with Crippen LogP contribution in [0, 0.1) is 0 Å². The first-order chi connectivity index (χ1) is 14.9. The molecule has 2 aromatic carbocycles. The molecule has 0 unspecified atom stereocenters. The Labute approximate surface area is 180 Å². The predicted molar refractivity (Wildman–Crippen MR) is 112 cm³/mol. The van der Waals surface area contributed by atoms with Gasteiger partial charge in [-0.25, -0.2) is 4.79 Å². The van der Waals surface area contributed by atoms with E-state index in [1.165, 1.54) is 21.3 Å². The van der Waals surface area contributed by atoms with Crippen LogP contribution in [-0.4, -0.2) is 45.8 Å². The molecule has 0 amide bonds. The van der Waals surface area contributed by atoms with Crippen LogP contribution in [0.1, 0.15) is 29.8 Å². The molecule has 1 aliphatic rings. The minimum absolute atomic E-state index is 0.122. The number of methoxy groups -OCH3 is 3. The van der Waals surface area contributed by atoms with Crippen LogP contribution in [0.3, 0.4) is 0 Å². The number of esters is 1. The molecular formula is C23H24O8. The molecule has 0 aliphatic carbocycles. The number of allylic oxidation sites excluding steroid dienone is 1. The second kappa shape index (κ2) is 9.42. The SMILES string of the molecule is COc1ccc(C=C2Oc3cc(OCC(=O)OC(C)C)ccc3C2=O)c(OC)c1OC. The average Bonchev–Trinajstić information content (AvgIpc) is 3.05. The summed E-state index contributed by atoms with van der Waals surface area (Å²) in [7, 11) is 4.53. The van der Waals surface area contributed by atoms with Crippen molar-refractivity contribution in [3.05, 3.63) is 47.2 Å². The molecule has 0 radical (unpaired) electrons. The van der Waals surface area contributed by atoms with Crippen molar-refractivity contribution < 1.29 is 38.0 Å². The van der Waals surface area contributed by atoms with Crippen LogP contribution < -0.4 is 23.7 Å². The predicted octanol–water partition coefficient (Wildman–Crippen LogP) is 3.66. The van der Waals surface area contributed by atoms with Gasteiger partial charge in [-0.3, -0.25) is 4.79 Å². The number of benzene rings is 2. The van der Waals surface area contributed by atoms with Gasteiger partial charge in [-0.1, -0.05) is 0 Å². The van der Waals surface area contributed by atoms with Gasteiger partial charge in [0.15, 0.2) is 23.9 Å². The Morgan fingerprint density at radius 3 is 2.42 bits per heavy atom. The van der Waals surface area contributed by atoms with Crippen molar-refractivity contribution in [3.63, 3.8) is 0 Å². The Hall–Kier alpha value is -3.68. The standard InChI is InChI=1S/C23H24O8/c1-13(2)30-20(24)12-29-15-7-8-16-18(11-15)31-19(21(16)25)10-14-6-9-17(26-3)23(28-5)22(14)27-4/h6-11,13H,12H2,1-5H3. The first-order valence-corrected chi connectivity index (χ1v) is 9.57. The molecule has 0 N–H and O–H groups in total. The van der Waals surface area contributed by atoms with Crippen molar-refractivity contribution in [3.8, 4) is 28.7 Å². The summed E-state index contributed by atoms with van der Waals surface area (Å²) in [6, 6.07) is 8.20. The zero-order valence-electron chi connectivity index (χ0n) is 18.0. The molecule has 2 aromatic rings. The van der Waals surface area contributed by atoms with Gasteiger partial charge in [0.2, 0.25) is 11.5 Å². The molecule has 0 saturated heterocycles. The smallest absolute Gasteiger partial charge is 0.344 e. The molecule has 0 saturated carbocycles. The van der Waals surface area contributed by atoms with E-state index in [4.69, 9.17) is 28.4 Å². The minimum atomic E-state index is -0.478. The highest BCUT2D eigenvalue weighted by Crippen LogP contribution is 2.42. The minimum Gasteiger partial charge on any atom is -0.493 e. The molecule has 1 heterocycles. The summed E-state index contributed by atoms with van der Waals surface area (Å²) in [6.45, 7) is 3.28. The number of ether oxygens (including phenoxy) is 6. The Bertz CT molecular complexity index is 1020. The summed E-state index contributed by atoms with van der Waals surface area (Å²) in [5.74, 6) is 1.41. The van der Waals surface area contributed by atoms with E-state index >= 15 is 0 Å². The maximum Gasteiger partial charge on any atom is 0.344 e. The molecule has 3 rings (SSSR count). The monoisotopic (exact) mass is 428 g/mol. The zero-order valence-corrected chi connectivity index (χ0v) is 18.0. The molecule has 1 aliphatic heterocycles. The van der Waals surface area contributed by atoms with E-state index in [2.05, 4.69) is 0 Å². The highest BCUT2D eigenvalue weighted by atomic mass is 16.6. The fourth-order valence-electron chi connectivity index (χ4n) is 3.08. The lowest BCUT2D eigenvalue weighted by Crippen LogP contribution is -2.18. The molecule has 31 heavy (non-hydrogen) atoms. The van der Waals surface area contributed by atoms with Gasteiger partial charge in [0.25, 0.3) is 0 Å². The number of carbonyl (C=O) groups is 2. The van der Waals surface area contributed by atoms with Crippen molar-refractivity contribution >= 4 is 17.8 Å². The Balaban J connectivity index is 1.83. The van der Waals surface area contributed by atoms with Crippen LogP contribution in [0.15, 0.2) is 36.1 Å². The molecule has 0 atom stereocenters. The third-order valence-electron chi connectivity index (χ3n) is 4.39. The lowest BCUT2D eigenvalue weighted by molar-refractivity contribution is -0.149. The van der Waals surface area contributed by atoms with E-state index < -0.39 is 5.97 Å². The molecule has 0 fully saturated rings. The van der Waals surface area contributed by atoms with Crippen LogP contribution in [-0.2, 0) is 9.53 Å². The first kappa shape index (κ1) is 22.0. The fraction of sp³-hybridized carbons (Fsp3) is 0.304. The van der Waals surface area contributed by atoms with Gasteiger partial charge in [0, 0.05) is 11.6 Å². The van der Waals surface area contributed by atoms with Gasteiger partial charge >= 0.3 is 5.97 Å². The normalized spacial score (nSPS) is 13.6. The summed E-state index contributed by atoms with van der Waals surface area (Å²) >= 11 is 0. The van der Waals surface area contributed by atoms with Crippen LogP contribution in [0.25, 0.3) is 6.08 Å². The van der Waals surface area contributed by atoms with E-state index in [-0.39, 0.29) is 24.3 Å². The summed E-state index contributed by atoms with van der Waals surface area (Å²) < 4.78 is 32.3. The zero-order chi connectivity index (χ0) is 22.5. The number of Topliss-reactive ketones (excluding diaryl/α,β-unsaturated/α-hetero) is 1. The van der Waals surface area contributed by atoms with Crippen LogP contribution >= 0.6 is 0 Å². The van der Waals surface area contributed by atoms with E-state index in [1.807, 2.05) is 0 Å². The number of rotatable bonds is 8. The van der Waals surface area contributed by atoms with Crippen LogP contribution in [0.2, 0.25) is 0 Å². The van der Waals surface area contributed by atoms with Gasteiger partial charge in [0.1, 0.15) is 11.5 Å². The first-order valence-electron chi connectivity index (χ1n) is 9.57. The number of carbonyl (C=O) groups excluding carboxylic acids is 2. The van der Waals surface area contributed by atoms with Gasteiger partial charge in [0.05, 0.1) is 33.0 Å². The van der Waals surface area contributed by atoms with Crippen molar-refractivity contribution in [1.82, 2.24) is 0 Å². The highest BCUT2D eigenvalue weighted by molar-refractivity contribution is 6.14. The molecule has 164 valence electrons. The summed E-state index contributed by atoms with van der Waals surface area (Å²) in [6.07, 6.45) is 1.35. The van der Waals surface area contributed by atoms with Crippen molar-refractivity contribution in [1.29, 1.82) is 0 Å². The van der Waals surface area contributed by atoms with E-state index in [0.29, 0.717) is 39.9 Å². The van der Waals surface area contributed by atoms with Gasteiger partial charge in [-0.2, -0.15) is 0 Å². The molecule has 0 aromatic heterocycles. The fourth-order valence-corrected chi connectivity index (χ4v) is 3.08. The van der Waals surface area contributed by atoms with E-state index in [1.54, 1.807) is 50.3 Å². The van der Waals surface area contributed by atoms with Gasteiger partial charge in [-0.05, 0) is 44.2 Å². The topological polar surface area (TPSA) is 89.5 Å². The Kier molecular flexibility index (Phi) is 6.69. The average molecular weight is 428 g/mol. The van der Waals surface area contributed by atoms with Gasteiger partial charge < -0.3 is 28.4 Å². The molecular weight excluding hydrogens is 404 g/mol. The second-order valence-electron chi connectivity index (χ2n) is 6.85. The Morgan fingerprint density at radius 1 is 1.03 bits per heavy atom. The summed E-state index contributed by atoms with van der Waals surface area (Å²) in [5.41, 5.74) is 0.979. The Morgan fingerprint density at radius 2 is 1.77 bits per heavy atom. The van der Waals surface area contributed by atoms with Crippen molar-refractivity contribution in [2.75, 3.05) is 27.9 Å². The lowest BCUT2D eigenvalue weighted by Gasteiger charge is -2.14. The van der Waals surface area contributed by atoms with E-state index in [0.717, 1.165) is 0 Å². The number of ketones is 1. The molecule has 0 spiro atoms. The maximum absolute atomic E-state index is 12.8. The molecule has 8 heteroatoms. The van der Waals surface area contributed by atoms with Crippen LogP contribution in [0.5, 0.6) is 28.7 Å².